The van der Waals surface area contributed by atoms with E-state index in [0.717, 1.165) is 11.1 Å². The highest BCUT2D eigenvalue weighted by molar-refractivity contribution is 7.14. The van der Waals surface area contributed by atoms with Crippen LogP contribution in [-0.4, -0.2) is 31.0 Å². The van der Waals surface area contributed by atoms with E-state index < -0.39 is 5.91 Å². The lowest BCUT2D eigenvalue weighted by Crippen LogP contribution is -2.22. The Morgan fingerprint density at radius 2 is 1.82 bits per heavy atom. The molecule has 174 valence electrons. The molecular weight excluding hydrogens is 452 g/mol. The molecule has 3 rings (SSSR count). The van der Waals surface area contributed by atoms with E-state index in [1.807, 2.05) is 38.1 Å². The molecule has 0 aliphatic heterocycles. The number of benzene rings is 2. The second-order valence-electron chi connectivity index (χ2n) is 7.37. The minimum absolute atomic E-state index is 0.132. The predicted molar refractivity (Wildman–Crippen MR) is 133 cm³/mol. The number of hydrogen-bond donors (Lipinski definition) is 1. The number of nitrogens with one attached hydrogen (secondary N) is 1. The predicted octanol–water partition coefficient (Wildman–Crippen LogP) is 5.01. The van der Waals surface area contributed by atoms with Crippen LogP contribution >= 0.6 is 11.3 Å². The summed E-state index contributed by atoms with van der Waals surface area (Å²) in [5.74, 6) is 0.176. The number of aromatic nitrogens is 1. The van der Waals surface area contributed by atoms with E-state index >= 15 is 0 Å². The van der Waals surface area contributed by atoms with Crippen LogP contribution in [0.15, 0.2) is 47.4 Å². The van der Waals surface area contributed by atoms with E-state index in [-0.39, 0.29) is 11.5 Å². The molecule has 1 N–H and O–H groups in total. The summed E-state index contributed by atoms with van der Waals surface area (Å²) in [4.78, 5) is 31.0. The standard InChI is InChI=1S/C25H24N4O4S/c1-15-6-8-21(10-16(15)2)29(17(3)30)25-28-20(14-34-25)11-18(13-26)24(31)27-19-7-9-22(32-4)23(12-19)33-5/h6-12,14H,1-5H3,(H,27,31)/b18-11+. The second-order valence-corrected chi connectivity index (χ2v) is 8.21. The molecule has 0 fully saturated rings. The molecule has 9 heteroatoms. The van der Waals surface area contributed by atoms with E-state index in [4.69, 9.17) is 9.47 Å². The highest BCUT2D eigenvalue weighted by Crippen LogP contribution is 2.32. The quantitative estimate of drug-likeness (QED) is 0.380. The summed E-state index contributed by atoms with van der Waals surface area (Å²) >= 11 is 1.25. The third-order valence-corrected chi connectivity index (χ3v) is 5.91. The molecule has 0 atom stereocenters. The summed E-state index contributed by atoms with van der Waals surface area (Å²) < 4.78 is 10.4. The maximum Gasteiger partial charge on any atom is 0.266 e. The van der Waals surface area contributed by atoms with E-state index in [2.05, 4.69) is 10.3 Å². The van der Waals surface area contributed by atoms with Crippen LogP contribution in [0.4, 0.5) is 16.5 Å². The lowest BCUT2D eigenvalue weighted by molar-refractivity contribution is -0.116. The van der Waals surface area contributed by atoms with E-state index in [9.17, 15) is 14.9 Å². The first-order valence-corrected chi connectivity index (χ1v) is 11.1. The molecule has 0 bridgehead atoms. The number of methoxy groups -OCH3 is 2. The van der Waals surface area contributed by atoms with Gasteiger partial charge in [-0.15, -0.1) is 11.3 Å². The summed E-state index contributed by atoms with van der Waals surface area (Å²) in [6.07, 6.45) is 1.38. The Morgan fingerprint density at radius 3 is 2.44 bits per heavy atom. The highest BCUT2D eigenvalue weighted by atomic mass is 32.1. The average Bonchev–Trinajstić information content (AvgIpc) is 3.27. The molecule has 0 unspecified atom stereocenters. The molecule has 1 heterocycles. The average molecular weight is 477 g/mol. The Hall–Kier alpha value is -4.16. The number of thiazole rings is 1. The highest BCUT2D eigenvalue weighted by Gasteiger charge is 2.19. The van der Waals surface area contributed by atoms with Gasteiger partial charge in [0.2, 0.25) is 5.91 Å². The van der Waals surface area contributed by atoms with Gasteiger partial charge in [-0.3, -0.25) is 14.5 Å². The number of rotatable bonds is 7. The van der Waals surface area contributed by atoms with Gasteiger partial charge in [-0.2, -0.15) is 5.26 Å². The van der Waals surface area contributed by atoms with Crippen LogP contribution in [0.2, 0.25) is 0 Å². The zero-order valence-corrected chi connectivity index (χ0v) is 20.3. The van der Waals surface area contributed by atoms with Crippen molar-refractivity contribution in [2.75, 3.05) is 24.4 Å². The first kappa shape index (κ1) is 24.5. The Bertz CT molecular complexity index is 1310. The molecule has 0 spiro atoms. The second kappa shape index (κ2) is 10.6. The SMILES string of the molecule is COc1ccc(NC(=O)/C(C#N)=C/c2csc(N(C(C)=O)c3ccc(C)c(C)c3)n2)cc1OC. The molecule has 0 aliphatic carbocycles. The lowest BCUT2D eigenvalue weighted by Gasteiger charge is -2.19. The number of nitriles is 1. The summed E-state index contributed by atoms with van der Waals surface area (Å²) in [5, 5.41) is 14.3. The van der Waals surface area contributed by atoms with E-state index in [1.54, 1.807) is 23.6 Å². The van der Waals surface area contributed by atoms with Crippen LogP contribution in [0, 0.1) is 25.2 Å². The fourth-order valence-corrected chi connectivity index (χ4v) is 3.99. The van der Waals surface area contributed by atoms with Gasteiger partial charge >= 0.3 is 0 Å². The third-order valence-electron chi connectivity index (χ3n) is 5.06. The van der Waals surface area contributed by atoms with Crippen molar-refractivity contribution in [3.05, 3.63) is 64.2 Å². The fourth-order valence-electron chi connectivity index (χ4n) is 3.15. The van der Waals surface area contributed by atoms with Gasteiger partial charge in [0.25, 0.3) is 5.91 Å². The van der Waals surface area contributed by atoms with Gasteiger partial charge in [0, 0.05) is 24.1 Å². The van der Waals surface area contributed by atoms with Crippen molar-refractivity contribution in [2.24, 2.45) is 0 Å². The van der Waals surface area contributed by atoms with Crippen molar-refractivity contribution in [3.8, 4) is 17.6 Å². The van der Waals surface area contributed by atoms with Crippen LogP contribution in [0.3, 0.4) is 0 Å². The summed E-state index contributed by atoms with van der Waals surface area (Å²) in [6.45, 7) is 5.44. The summed E-state index contributed by atoms with van der Waals surface area (Å²) in [5.41, 5.74) is 3.59. The van der Waals surface area contributed by atoms with E-state index in [1.165, 1.54) is 43.5 Å². The van der Waals surface area contributed by atoms with Gasteiger partial charge in [-0.25, -0.2) is 4.98 Å². The molecular formula is C25H24N4O4S. The zero-order valence-electron chi connectivity index (χ0n) is 19.5. The summed E-state index contributed by atoms with van der Waals surface area (Å²) in [6, 6.07) is 12.5. The number of ether oxygens (including phenoxy) is 2. The van der Waals surface area contributed by atoms with Crippen molar-refractivity contribution >= 4 is 45.7 Å². The lowest BCUT2D eigenvalue weighted by atomic mass is 10.1. The van der Waals surface area contributed by atoms with Crippen molar-refractivity contribution < 1.29 is 19.1 Å². The maximum atomic E-state index is 12.7. The van der Waals surface area contributed by atoms with Crippen molar-refractivity contribution in [3.63, 3.8) is 0 Å². The Labute approximate surface area is 202 Å². The van der Waals surface area contributed by atoms with Crippen molar-refractivity contribution in [2.45, 2.75) is 20.8 Å². The number of hydrogen-bond acceptors (Lipinski definition) is 7. The van der Waals surface area contributed by atoms with Crippen LogP contribution in [-0.2, 0) is 9.59 Å². The van der Waals surface area contributed by atoms with Crippen LogP contribution in [0.1, 0.15) is 23.7 Å². The van der Waals surface area contributed by atoms with Gasteiger partial charge in [0.15, 0.2) is 16.6 Å². The zero-order chi connectivity index (χ0) is 24.8. The smallest absolute Gasteiger partial charge is 0.266 e. The van der Waals surface area contributed by atoms with Crippen LogP contribution < -0.4 is 19.7 Å². The molecule has 2 aromatic carbocycles. The minimum Gasteiger partial charge on any atom is -0.493 e. The van der Waals surface area contributed by atoms with Gasteiger partial charge in [0.1, 0.15) is 11.6 Å². The summed E-state index contributed by atoms with van der Waals surface area (Å²) in [7, 11) is 3.01. The maximum absolute atomic E-state index is 12.7. The van der Waals surface area contributed by atoms with Gasteiger partial charge in [0.05, 0.1) is 25.6 Å². The molecule has 0 radical (unpaired) electrons. The minimum atomic E-state index is -0.596. The molecule has 1 aromatic heterocycles. The Kier molecular flexibility index (Phi) is 7.66. The molecule has 0 saturated heterocycles. The van der Waals surface area contributed by atoms with Crippen molar-refractivity contribution in [1.29, 1.82) is 5.26 Å². The molecule has 34 heavy (non-hydrogen) atoms. The number of nitrogens with zero attached hydrogens (tertiary/aromatic N) is 3. The number of anilines is 3. The number of carbonyl (C=O) groups excluding carboxylic acids is 2. The molecule has 0 saturated carbocycles. The third kappa shape index (κ3) is 5.42. The van der Waals surface area contributed by atoms with E-state index in [0.29, 0.717) is 33.7 Å². The van der Waals surface area contributed by atoms with Gasteiger partial charge in [-0.1, -0.05) is 6.07 Å². The monoisotopic (exact) mass is 476 g/mol. The van der Waals surface area contributed by atoms with Crippen molar-refractivity contribution in [1.82, 2.24) is 4.98 Å². The first-order chi connectivity index (χ1) is 16.3. The van der Waals surface area contributed by atoms with Gasteiger partial charge in [-0.05, 0) is 55.3 Å². The number of aryl methyl sites for hydroxylation is 2. The molecule has 0 aliphatic rings. The normalized spacial score (nSPS) is 10.9. The van der Waals surface area contributed by atoms with Gasteiger partial charge < -0.3 is 14.8 Å². The molecule has 2 amide bonds. The number of amides is 2. The number of carbonyl (C=O) groups is 2. The molecule has 3 aromatic rings. The fraction of sp³-hybridized carbons (Fsp3) is 0.200. The first-order valence-electron chi connectivity index (χ1n) is 10.3. The topological polar surface area (TPSA) is 105 Å². The molecule has 8 nitrogen and oxygen atoms in total. The largest absolute Gasteiger partial charge is 0.493 e. The van der Waals surface area contributed by atoms with Crippen LogP contribution in [0.25, 0.3) is 6.08 Å². The Balaban J connectivity index is 1.85. The Morgan fingerprint density at radius 1 is 1.09 bits per heavy atom. The van der Waals surface area contributed by atoms with Crippen LogP contribution in [0.5, 0.6) is 11.5 Å².